The smallest absolute Gasteiger partial charge is 0.324 e. The number of alkyl halides is 3. The number of hydrogen-bond acceptors (Lipinski definition) is 3. The maximum atomic E-state index is 13.4. The van der Waals surface area contributed by atoms with Crippen LogP contribution in [0.2, 0.25) is 0 Å². The molecule has 1 fully saturated rings. The summed E-state index contributed by atoms with van der Waals surface area (Å²) < 4.78 is 40.2. The Balaban J connectivity index is 1.85. The molecule has 1 atom stereocenters. The molecular formula is C21H20F3N3O3. The van der Waals surface area contributed by atoms with Crippen LogP contribution in [0.1, 0.15) is 29.2 Å². The third-order valence-corrected chi connectivity index (χ3v) is 5.01. The number of halogens is 3. The molecule has 2 N–H and O–H groups in total. The maximum absolute atomic E-state index is 13.4. The van der Waals surface area contributed by atoms with Crippen LogP contribution in [0.25, 0.3) is 0 Å². The molecule has 1 aliphatic rings. The maximum Gasteiger partial charge on any atom is 0.416 e. The molecular weight excluding hydrogens is 399 g/mol. The third-order valence-electron chi connectivity index (χ3n) is 5.01. The van der Waals surface area contributed by atoms with E-state index in [1.807, 2.05) is 19.1 Å². The molecule has 2 aromatic carbocycles. The lowest BCUT2D eigenvalue weighted by Gasteiger charge is -2.25. The molecule has 2 aromatic rings. The molecule has 6 nitrogen and oxygen atoms in total. The van der Waals surface area contributed by atoms with Crippen LogP contribution < -0.4 is 10.6 Å². The van der Waals surface area contributed by atoms with E-state index in [-0.39, 0.29) is 5.56 Å². The number of carbonyl (C=O) groups is 3. The molecule has 0 saturated carbocycles. The van der Waals surface area contributed by atoms with E-state index in [1.165, 1.54) is 19.1 Å². The number of amides is 4. The van der Waals surface area contributed by atoms with Gasteiger partial charge in [0.1, 0.15) is 12.1 Å². The summed E-state index contributed by atoms with van der Waals surface area (Å²) >= 11 is 0. The minimum Gasteiger partial charge on any atom is -0.324 e. The summed E-state index contributed by atoms with van der Waals surface area (Å²) in [5.41, 5.74) is -1.13. The van der Waals surface area contributed by atoms with Gasteiger partial charge in [0, 0.05) is 5.69 Å². The first-order valence-corrected chi connectivity index (χ1v) is 9.11. The lowest BCUT2D eigenvalue weighted by Crippen LogP contribution is -2.43. The van der Waals surface area contributed by atoms with Gasteiger partial charge in [-0.2, -0.15) is 13.2 Å². The van der Waals surface area contributed by atoms with E-state index < -0.39 is 41.7 Å². The molecule has 0 aromatic heterocycles. The molecule has 0 spiro atoms. The van der Waals surface area contributed by atoms with E-state index in [2.05, 4.69) is 10.6 Å². The normalized spacial score (nSPS) is 19.1. The number of imide groups is 1. The Kier molecular flexibility index (Phi) is 5.32. The van der Waals surface area contributed by atoms with Crippen molar-refractivity contribution >= 4 is 23.5 Å². The van der Waals surface area contributed by atoms with Crippen molar-refractivity contribution in [3.8, 4) is 0 Å². The Bertz CT molecular complexity index is 1040. The first-order valence-electron chi connectivity index (χ1n) is 9.11. The fourth-order valence-corrected chi connectivity index (χ4v) is 3.39. The van der Waals surface area contributed by atoms with Crippen molar-refractivity contribution in [3.05, 3.63) is 64.7 Å². The van der Waals surface area contributed by atoms with Crippen molar-refractivity contribution in [1.29, 1.82) is 0 Å². The van der Waals surface area contributed by atoms with Crippen molar-refractivity contribution in [2.75, 3.05) is 11.9 Å². The minimum absolute atomic E-state index is 0.381. The average molecular weight is 419 g/mol. The largest absolute Gasteiger partial charge is 0.416 e. The molecule has 4 amide bonds. The average Bonchev–Trinajstić information content (AvgIpc) is 2.88. The highest BCUT2D eigenvalue weighted by Crippen LogP contribution is 2.39. The molecule has 1 heterocycles. The molecule has 158 valence electrons. The number of nitrogens with one attached hydrogen (secondary N) is 2. The zero-order chi connectivity index (χ0) is 22.3. The predicted octanol–water partition coefficient (Wildman–Crippen LogP) is 3.73. The van der Waals surface area contributed by atoms with Crippen LogP contribution in [-0.2, 0) is 21.3 Å². The van der Waals surface area contributed by atoms with Crippen molar-refractivity contribution in [3.63, 3.8) is 0 Å². The Labute approximate surface area is 171 Å². The van der Waals surface area contributed by atoms with Gasteiger partial charge < -0.3 is 10.6 Å². The number of hydrogen-bond donors (Lipinski definition) is 2. The topological polar surface area (TPSA) is 78.5 Å². The number of carbonyl (C=O) groups excluding carboxylic acids is 3. The van der Waals surface area contributed by atoms with E-state index in [9.17, 15) is 27.6 Å². The fraction of sp³-hybridized carbons (Fsp3) is 0.286. The minimum atomic E-state index is -4.71. The first kappa shape index (κ1) is 21.4. The van der Waals surface area contributed by atoms with Crippen molar-refractivity contribution in [2.24, 2.45) is 0 Å². The Morgan fingerprint density at radius 2 is 1.80 bits per heavy atom. The summed E-state index contributed by atoms with van der Waals surface area (Å²) in [7, 11) is 0. The highest BCUT2D eigenvalue weighted by atomic mass is 19.4. The lowest BCUT2D eigenvalue weighted by molar-refractivity contribution is -0.140. The van der Waals surface area contributed by atoms with Gasteiger partial charge in [-0.3, -0.25) is 14.5 Å². The second-order valence-electron chi connectivity index (χ2n) is 7.36. The standard InChI is InChI=1S/C21H20F3N3O3/c1-12-8-9-13(2)16(10-12)25-17(28)11-27-18(29)20(3,26-19(27)30)14-6-4-5-7-15(14)21(22,23)24/h4-10H,11H2,1-3H3,(H,25,28)(H,26,30)/t20-/m1/s1. The zero-order valence-corrected chi connectivity index (χ0v) is 16.6. The fourth-order valence-electron chi connectivity index (χ4n) is 3.39. The van der Waals surface area contributed by atoms with Crippen LogP contribution >= 0.6 is 0 Å². The van der Waals surface area contributed by atoms with Gasteiger partial charge in [-0.05, 0) is 49.6 Å². The number of urea groups is 1. The summed E-state index contributed by atoms with van der Waals surface area (Å²) in [4.78, 5) is 38.3. The quantitative estimate of drug-likeness (QED) is 0.742. The van der Waals surface area contributed by atoms with Crippen molar-refractivity contribution in [2.45, 2.75) is 32.5 Å². The zero-order valence-electron chi connectivity index (χ0n) is 16.6. The monoisotopic (exact) mass is 419 g/mol. The van der Waals surface area contributed by atoms with Gasteiger partial charge >= 0.3 is 12.2 Å². The van der Waals surface area contributed by atoms with Crippen molar-refractivity contribution < 1.29 is 27.6 Å². The molecule has 0 aliphatic carbocycles. The summed E-state index contributed by atoms with van der Waals surface area (Å²) in [5.74, 6) is -1.57. The van der Waals surface area contributed by atoms with Crippen LogP contribution in [0.5, 0.6) is 0 Å². The lowest BCUT2D eigenvalue weighted by atomic mass is 9.87. The Morgan fingerprint density at radius 3 is 2.47 bits per heavy atom. The summed E-state index contributed by atoms with van der Waals surface area (Å²) in [6.45, 7) is 4.20. The van der Waals surface area contributed by atoms with Crippen LogP contribution in [0, 0.1) is 13.8 Å². The summed E-state index contributed by atoms with van der Waals surface area (Å²) in [6, 6.07) is 9.02. The predicted molar refractivity (Wildman–Crippen MR) is 104 cm³/mol. The SMILES string of the molecule is Cc1ccc(C)c(NC(=O)CN2C(=O)N[C@](C)(c3ccccc3C(F)(F)F)C2=O)c1. The molecule has 30 heavy (non-hydrogen) atoms. The first-order chi connectivity index (χ1) is 13.9. The number of aryl methyl sites for hydroxylation is 2. The van der Waals surface area contributed by atoms with E-state index in [1.54, 1.807) is 13.0 Å². The molecule has 9 heteroatoms. The second-order valence-corrected chi connectivity index (χ2v) is 7.36. The van der Waals surface area contributed by atoms with Gasteiger partial charge in [0.25, 0.3) is 5.91 Å². The highest BCUT2D eigenvalue weighted by molar-refractivity contribution is 6.10. The molecule has 3 rings (SSSR count). The Hall–Kier alpha value is -3.36. The van der Waals surface area contributed by atoms with Gasteiger partial charge in [0.2, 0.25) is 5.91 Å². The van der Waals surface area contributed by atoms with E-state index >= 15 is 0 Å². The second kappa shape index (κ2) is 7.47. The molecule has 0 bridgehead atoms. The van der Waals surface area contributed by atoms with Crippen LogP contribution in [0.15, 0.2) is 42.5 Å². The van der Waals surface area contributed by atoms with Crippen LogP contribution in [-0.4, -0.2) is 29.3 Å². The van der Waals surface area contributed by atoms with E-state index in [0.29, 0.717) is 10.6 Å². The van der Waals surface area contributed by atoms with Gasteiger partial charge in [-0.15, -0.1) is 0 Å². The van der Waals surface area contributed by atoms with Crippen molar-refractivity contribution in [1.82, 2.24) is 10.2 Å². The van der Waals surface area contributed by atoms with E-state index in [0.717, 1.165) is 23.3 Å². The summed E-state index contributed by atoms with van der Waals surface area (Å²) in [5, 5.41) is 4.94. The number of anilines is 1. The van der Waals surface area contributed by atoms with Crippen LogP contribution in [0.4, 0.5) is 23.7 Å². The highest BCUT2D eigenvalue weighted by Gasteiger charge is 2.52. The molecule has 1 saturated heterocycles. The van der Waals surface area contributed by atoms with E-state index in [4.69, 9.17) is 0 Å². The van der Waals surface area contributed by atoms with Gasteiger partial charge in [-0.25, -0.2) is 4.79 Å². The van der Waals surface area contributed by atoms with Gasteiger partial charge in [0.05, 0.1) is 5.56 Å². The van der Waals surface area contributed by atoms with Crippen LogP contribution in [0.3, 0.4) is 0 Å². The molecule has 0 radical (unpaired) electrons. The number of rotatable bonds is 4. The number of benzene rings is 2. The van der Waals surface area contributed by atoms with Gasteiger partial charge in [0.15, 0.2) is 0 Å². The van der Waals surface area contributed by atoms with Gasteiger partial charge in [-0.1, -0.05) is 30.3 Å². The summed E-state index contributed by atoms with van der Waals surface area (Å²) in [6.07, 6.45) is -4.71. The Morgan fingerprint density at radius 1 is 1.13 bits per heavy atom. The molecule has 0 unspecified atom stereocenters. The number of nitrogens with zero attached hydrogens (tertiary/aromatic N) is 1. The molecule has 1 aliphatic heterocycles. The third kappa shape index (κ3) is 3.87.